The molecular weight excluding hydrogens is 210 g/mol. The Morgan fingerprint density at radius 2 is 2.25 bits per heavy atom. The normalized spacial score (nSPS) is 9.62. The molecule has 0 aliphatic carbocycles. The topological polar surface area (TPSA) is 73.3 Å². The molecule has 1 aromatic heterocycles. The zero-order chi connectivity index (χ0) is 11.8. The average molecular weight is 225 g/mol. The molecule has 0 unspecified atom stereocenters. The Balaban J connectivity index is 2.47. The van der Waals surface area contributed by atoms with Crippen molar-refractivity contribution in [3.63, 3.8) is 0 Å². The van der Waals surface area contributed by atoms with Crippen LogP contribution in [-0.4, -0.2) is 35.7 Å². The first-order valence-electron chi connectivity index (χ1n) is 5.11. The Morgan fingerprint density at radius 1 is 1.44 bits per heavy atom. The molecular formula is C10H15N3O3. The van der Waals surface area contributed by atoms with Gasteiger partial charge in [-0.3, -0.25) is 4.79 Å². The predicted molar refractivity (Wildman–Crippen MR) is 58.3 cm³/mol. The molecule has 0 bridgehead atoms. The fraction of sp³-hybridized carbons (Fsp3) is 0.500. The zero-order valence-electron chi connectivity index (χ0n) is 9.40. The van der Waals surface area contributed by atoms with Gasteiger partial charge in [0.25, 0.3) is 0 Å². The standard InChI is InChI=1S/C10H15N3O3/c1-3-15-8-5-6-11-10(13-8)12-7-9(14)16-4-2/h5-6H,3-4,7H2,1-2H3,(H,11,12,13). The molecule has 0 atom stereocenters. The SMILES string of the molecule is CCOC(=O)CNc1nccc(OCC)n1. The van der Waals surface area contributed by atoms with Gasteiger partial charge >= 0.3 is 5.97 Å². The number of anilines is 1. The van der Waals surface area contributed by atoms with Crippen molar-refractivity contribution in [2.24, 2.45) is 0 Å². The molecule has 0 radical (unpaired) electrons. The van der Waals surface area contributed by atoms with Gasteiger partial charge in [0, 0.05) is 12.3 Å². The van der Waals surface area contributed by atoms with Crippen molar-refractivity contribution in [2.45, 2.75) is 13.8 Å². The number of hydrogen-bond acceptors (Lipinski definition) is 6. The van der Waals surface area contributed by atoms with Gasteiger partial charge in [0.2, 0.25) is 11.8 Å². The molecule has 88 valence electrons. The molecule has 0 fully saturated rings. The van der Waals surface area contributed by atoms with E-state index < -0.39 is 0 Å². The minimum Gasteiger partial charge on any atom is -0.478 e. The first-order valence-corrected chi connectivity index (χ1v) is 5.11. The highest BCUT2D eigenvalue weighted by molar-refractivity contribution is 5.74. The van der Waals surface area contributed by atoms with Crippen LogP contribution in [-0.2, 0) is 9.53 Å². The molecule has 0 aromatic carbocycles. The summed E-state index contributed by atoms with van der Waals surface area (Å²) in [6, 6.07) is 1.65. The lowest BCUT2D eigenvalue weighted by Crippen LogP contribution is -2.18. The second-order valence-corrected chi connectivity index (χ2v) is 2.81. The van der Waals surface area contributed by atoms with Gasteiger partial charge in [0.1, 0.15) is 6.54 Å². The molecule has 16 heavy (non-hydrogen) atoms. The summed E-state index contributed by atoms with van der Waals surface area (Å²) in [5.74, 6) is 0.482. The van der Waals surface area contributed by atoms with Gasteiger partial charge in [0.05, 0.1) is 13.2 Å². The number of rotatable bonds is 6. The van der Waals surface area contributed by atoms with Crippen LogP contribution in [0.25, 0.3) is 0 Å². The lowest BCUT2D eigenvalue weighted by molar-refractivity contribution is -0.140. The highest BCUT2D eigenvalue weighted by Crippen LogP contribution is 2.07. The van der Waals surface area contributed by atoms with Crippen LogP contribution in [0.3, 0.4) is 0 Å². The molecule has 0 aliphatic heterocycles. The summed E-state index contributed by atoms with van der Waals surface area (Å²) in [6.07, 6.45) is 1.56. The molecule has 0 aliphatic rings. The van der Waals surface area contributed by atoms with E-state index in [1.165, 1.54) is 0 Å². The highest BCUT2D eigenvalue weighted by Gasteiger charge is 2.03. The van der Waals surface area contributed by atoms with E-state index in [1.54, 1.807) is 19.2 Å². The van der Waals surface area contributed by atoms with Gasteiger partial charge in [-0.1, -0.05) is 0 Å². The van der Waals surface area contributed by atoms with Crippen LogP contribution in [0, 0.1) is 0 Å². The van der Waals surface area contributed by atoms with E-state index >= 15 is 0 Å². The Labute approximate surface area is 94.0 Å². The van der Waals surface area contributed by atoms with Crippen molar-refractivity contribution in [2.75, 3.05) is 25.1 Å². The Bertz CT molecular complexity index is 344. The van der Waals surface area contributed by atoms with Gasteiger partial charge in [-0.25, -0.2) is 4.98 Å². The lowest BCUT2D eigenvalue weighted by atomic mass is 10.6. The minimum atomic E-state index is -0.340. The summed E-state index contributed by atoms with van der Waals surface area (Å²) in [4.78, 5) is 19.0. The van der Waals surface area contributed by atoms with Crippen LogP contribution in [0.5, 0.6) is 5.88 Å². The lowest BCUT2D eigenvalue weighted by Gasteiger charge is -2.06. The average Bonchev–Trinajstić information content (AvgIpc) is 2.28. The van der Waals surface area contributed by atoms with Crippen LogP contribution < -0.4 is 10.1 Å². The molecule has 0 spiro atoms. The minimum absolute atomic E-state index is 0.0451. The number of hydrogen-bond donors (Lipinski definition) is 1. The summed E-state index contributed by atoms with van der Waals surface area (Å²) in [7, 11) is 0. The molecule has 1 rings (SSSR count). The van der Waals surface area contributed by atoms with Crippen LogP contribution in [0.1, 0.15) is 13.8 Å². The molecule has 0 saturated carbocycles. The molecule has 1 aromatic rings. The van der Waals surface area contributed by atoms with E-state index in [0.717, 1.165) is 0 Å². The third-order valence-corrected chi connectivity index (χ3v) is 1.62. The molecule has 0 amide bonds. The van der Waals surface area contributed by atoms with E-state index in [9.17, 15) is 4.79 Å². The molecule has 6 nitrogen and oxygen atoms in total. The first-order chi connectivity index (χ1) is 7.76. The number of ether oxygens (including phenoxy) is 2. The maximum atomic E-state index is 11.1. The number of esters is 1. The van der Waals surface area contributed by atoms with Gasteiger partial charge in [-0.15, -0.1) is 0 Å². The monoisotopic (exact) mass is 225 g/mol. The number of carbonyl (C=O) groups is 1. The first kappa shape index (κ1) is 12.2. The summed E-state index contributed by atoms with van der Waals surface area (Å²) in [5.41, 5.74) is 0. The summed E-state index contributed by atoms with van der Waals surface area (Å²) < 4.78 is 9.95. The number of nitrogens with one attached hydrogen (secondary N) is 1. The van der Waals surface area contributed by atoms with Crippen LogP contribution in [0.2, 0.25) is 0 Å². The van der Waals surface area contributed by atoms with E-state index in [2.05, 4.69) is 15.3 Å². The van der Waals surface area contributed by atoms with Crippen molar-refractivity contribution >= 4 is 11.9 Å². The van der Waals surface area contributed by atoms with E-state index in [0.29, 0.717) is 25.0 Å². The molecule has 0 saturated heterocycles. The Kier molecular flexibility index (Phi) is 5.04. The second-order valence-electron chi connectivity index (χ2n) is 2.81. The largest absolute Gasteiger partial charge is 0.478 e. The maximum absolute atomic E-state index is 11.1. The number of aromatic nitrogens is 2. The van der Waals surface area contributed by atoms with Gasteiger partial charge in [-0.05, 0) is 13.8 Å². The fourth-order valence-electron chi connectivity index (χ4n) is 1.02. The smallest absolute Gasteiger partial charge is 0.325 e. The zero-order valence-corrected chi connectivity index (χ0v) is 9.40. The third kappa shape index (κ3) is 4.12. The van der Waals surface area contributed by atoms with Crippen molar-refractivity contribution < 1.29 is 14.3 Å². The molecule has 1 N–H and O–H groups in total. The Morgan fingerprint density at radius 3 is 2.94 bits per heavy atom. The van der Waals surface area contributed by atoms with E-state index in [1.807, 2.05) is 6.92 Å². The van der Waals surface area contributed by atoms with Crippen LogP contribution in [0.4, 0.5) is 5.95 Å². The third-order valence-electron chi connectivity index (χ3n) is 1.62. The van der Waals surface area contributed by atoms with Crippen LogP contribution in [0.15, 0.2) is 12.3 Å². The quantitative estimate of drug-likeness (QED) is 0.723. The van der Waals surface area contributed by atoms with Crippen LogP contribution >= 0.6 is 0 Å². The van der Waals surface area contributed by atoms with Gasteiger partial charge < -0.3 is 14.8 Å². The second kappa shape index (κ2) is 6.60. The fourth-order valence-corrected chi connectivity index (χ4v) is 1.02. The molecule has 1 heterocycles. The Hall–Kier alpha value is -1.85. The summed E-state index contributed by atoms with van der Waals surface area (Å²) in [5, 5.41) is 2.75. The van der Waals surface area contributed by atoms with Crippen molar-refractivity contribution in [3.8, 4) is 5.88 Å². The maximum Gasteiger partial charge on any atom is 0.325 e. The van der Waals surface area contributed by atoms with Crippen molar-refractivity contribution in [3.05, 3.63) is 12.3 Å². The van der Waals surface area contributed by atoms with E-state index in [-0.39, 0.29) is 12.5 Å². The highest BCUT2D eigenvalue weighted by atomic mass is 16.5. The van der Waals surface area contributed by atoms with Gasteiger partial charge in [0.15, 0.2) is 0 Å². The number of nitrogens with zero attached hydrogens (tertiary/aromatic N) is 2. The van der Waals surface area contributed by atoms with Crippen molar-refractivity contribution in [1.29, 1.82) is 0 Å². The summed E-state index contributed by atoms with van der Waals surface area (Å²) >= 11 is 0. The van der Waals surface area contributed by atoms with Gasteiger partial charge in [-0.2, -0.15) is 4.98 Å². The van der Waals surface area contributed by atoms with E-state index in [4.69, 9.17) is 9.47 Å². The van der Waals surface area contributed by atoms with Crippen molar-refractivity contribution in [1.82, 2.24) is 9.97 Å². The molecule has 6 heteroatoms. The predicted octanol–water partition coefficient (Wildman–Crippen LogP) is 0.850. The summed E-state index contributed by atoms with van der Waals surface area (Å²) in [6.45, 7) is 4.57. The number of carbonyl (C=O) groups excluding carboxylic acids is 1.